The SMILES string of the molecule is CCN=C(N)Nc1cccc(CNC)c1. The van der Waals surface area contributed by atoms with E-state index < -0.39 is 0 Å². The summed E-state index contributed by atoms with van der Waals surface area (Å²) in [6.45, 7) is 3.49. The second kappa shape index (κ2) is 6.03. The van der Waals surface area contributed by atoms with Crippen LogP contribution in [0.5, 0.6) is 0 Å². The van der Waals surface area contributed by atoms with E-state index in [1.807, 2.05) is 26.1 Å². The van der Waals surface area contributed by atoms with Crippen molar-refractivity contribution in [2.75, 3.05) is 18.9 Å². The smallest absolute Gasteiger partial charge is 0.193 e. The first-order chi connectivity index (χ1) is 7.26. The van der Waals surface area contributed by atoms with E-state index in [9.17, 15) is 0 Å². The van der Waals surface area contributed by atoms with Crippen LogP contribution in [0.25, 0.3) is 0 Å². The zero-order valence-corrected chi connectivity index (χ0v) is 9.25. The third-order valence-corrected chi connectivity index (χ3v) is 1.91. The van der Waals surface area contributed by atoms with E-state index in [1.54, 1.807) is 0 Å². The minimum atomic E-state index is 0.458. The molecule has 0 fully saturated rings. The van der Waals surface area contributed by atoms with Gasteiger partial charge >= 0.3 is 0 Å². The zero-order chi connectivity index (χ0) is 11.1. The Kier molecular flexibility index (Phi) is 4.63. The first kappa shape index (κ1) is 11.5. The molecule has 0 aliphatic carbocycles. The first-order valence-electron chi connectivity index (χ1n) is 5.06. The Morgan fingerprint density at radius 1 is 1.47 bits per heavy atom. The third kappa shape index (κ3) is 3.99. The van der Waals surface area contributed by atoms with Crippen molar-refractivity contribution in [3.05, 3.63) is 29.8 Å². The number of rotatable bonds is 4. The number of hydrogen-bond acceptors (Lipinski definition) is 2. The fourth-order valence-electron chi connectivity index (χ4n) is 1.32. The van der Waals surface area contributed by atoms with Crippen LogP contribution in [0.4, 0.5) is 5.69 Å². The van der Waals surface area contributed by atoms with Crippen LogP contribution >= 0.6 is 0 Å². The molecule has 0 amide bonds. The van der Waals surface area contributed by atoms with Crippen molar-refractivity contribution in [3.8, 4) is 0 Å². The normalized spacial score (nSPS) is 11.5. The number of hydrogen-bond donors (Lipinski definition) is 3. The summed E-state index contributed by atoms with van der Waals surface area (Å²) in [5.41, 5.74) is 7.85. The summed E-state index contributed by atoms with van der Waals surface area (Å²) in [5, 5.41) is 6.14. The molecule has 0 unspecified atom stereocenters. The van der Waals surface area contributed by atoms with E-state index in [1.165, 1.54) is 5.56 Å². The van der Waals surface area contributed by atoms with Crippen LogP contribution in [-0.2, 0) is 6.54 Å². The summed E-state index contributed by atoms with van der Waals surface area (Å²) >= 11 is 0. The van der Waals surface area contributed by atoms with Gasteiger partial charge in [0.2, 0.25) is 0 Å². The van der Waals surface area contributed by atoms with Crippen molar-refractivity contribution in [2.45, 2.75) is 13.5 Å². The van der Waals surface area contributed by atoms with E-state index in [4.69, 9.17) is 5.73 Å². The molecule has 4 nitrogen and oxygen atoms in total. The number of benzene rings is 1. The van der Waals surface area contributed by atoms with Gasteiger partial charge in [0.25, 0.3) is 0 Å². The molecule has 1 aromatic rings. The molecule has 0 atom stereocenters. The van der Waals surface area contributed by atoms with E-state index in [0.29, 0.717) is 12.5 Å². The topological polar surface area (TPSA) is 62.4 Å². The second-order valence-electron chi connectivity index (χ2n) is 3.22. The lowest BCUT2D eigenvalue weighted by atomic mass is 10.2. The molecular formula is C11H18N4. The Bertz CT molecular complexity index is 333. The number of guanidine groups is 1. The van der Waals surface area contributed by atoms with Crippen molar-refractivity contribution in [1.29, 1.82) is 0 Å². The fraction of sp³-hybridized carbons (Fsp3) is 0.364. The maximum Gasteiger partial charge on any atom is 0.193 e. The van der Waals surface area contributed by atoms with Crippen LogP contribution in [0.1, 0.15) is 12.5 Å². The van der Waals surface area contributed by atoms with E-state index in [0.717, 1.165) is 12.2 Å². The Labute approximate surface area is 90.6 Å². The zero-order valence-electron chi connectivity index (χ0n) is 9.25. The summed E-state index contributed by atoms with van der Waals surface area (Å²) in [4.78, 5) is 4.06. The largest absolute Gasteiger partial charge is 0.370 e. The Balaban J connectivity index is 2.69. The molecule has 0 bridgehead atoms. The highest BCUT2D eigenvalue weighted by atomic mass is 15.1. The summed E-state index contributed by atoms with van der Waals surface area (Å²) in [7, 11) is 1.92. The lowest BCUT2D eigenvalue weighted by Crippen LogP contribution is -2.22. The minimum Gasteiger partial charge on any atom is -0.370 e. The van der Waals surface area contributed by atoms with Gasteiger partial charge in [0.1, 0.15) is 0 Å². The molecule has 4 N–H and O–H groups in total. The molecule has 82 valence electrons. The number of nitrogens with one attached hydrogen (secondary N) is 2. The molecule has 0 radical (unpaired) electrons. The number of nitrogens with two attached hydrogens (primary N) is 1. The van der Waals surface area contributed by atoms with Crippen LogP contribution in [-0.4, -0.2) is 19.6 Å². The molecule has 0 aliphatic heterocycles. The van der Waals surface area contributed by atoms with E-state index >= 15 is 0 Å². The van der Waals surface area contributed by atoms with Gasteiger partial charge < -0.3 is 16.4 Å². The molecule has 0 aliphatic rings. The van der Waals surface area contributed by atoms with Crippen LogP contribution in [0.15, 0.2) is 29.3 Å². The number of aliphatic imine (C=N–C) groups is 1. The van der Waals surface area contributed by atoms with Gasteiger partial charge in [-0.15, -0.1) is 0 Å². The lowest BCUT2D eigenvalue weighted by Gasteiger charge is -2.07. The van der Waals surface area contributed by atoms with Crippen molar-refractivity contribution >= 4 is 11.6 Å². The van der Waals surface area contributed by atoms with Gasteiger partial charge in [-0.1, -0.05) is 12.1 Å². The van der Waals surface area contributed by atoms with Gasteiger partial charge in [0, 0.05) is 18.8 Å². The summed E-state index contributed by atoms with van der Waals surface area (Å²) < 4.78 is 0. The predicted octanol–water partition coefficient (Wildman–Crippen LogP) is 1.15. The van der Waals surface area contributed by atoms with Crippen LogP contribution in [0.2, 0.25) is 0 Å². The Morgan fingerprint density at radius 3 is 2.93 bits per heavy atom. The molecule has 0 heterocycles. The standard InChI is InChI=1S/C11H18N4/c1-3-14-11(12)15-10-6-4-5-9(7-10)8-13-2/h4-7,13H,3,8H2,1-2H3,(H3,12,14,15). The Hall–Kier alpha value is -1.55. The maximum absolute atomic E-state index is 5.66. The highest BCUT2D eigenvalue weighted by Gasteiger charge is 1.96. The Morgan fingerprint density at radius 2 is 2.27 bits per heavy atom. The van der Waals surface area contributed by atoms with Crippen molar-refractivity contribution in [3.63, 3.8) is 0 Å². The van der Waals surface area contributed by atoms with Crippen molar-refractivity contribution < 1.29 is 0 Å². The van der Waals surface area contributed by atoms with Gasteiger partial charge in [0.15, 0.2) is 5.96 Å². The van der Waals surface area contributed by atoms with Gasteiger partial charge in [-0.3, -0.25) is 4.99 Å². The maximum atomic E-state index is 5.66. The quantitative estimate of drug-likeness (QED) is 0.511. The number of anilines is 1. The minimum absolute atomic E-state index is 0.458. The molecular weight excluding hydrogens is 188 g/mol. The average molecular weight is 206 g/mol. The molecule has 1 rings (SSSR count). The van der Waals surface area contributed by atoms with E-state index in [-0.39, 0.29) is 0 Å². The molecule has 1 aromatic carbocycles. The molecule has 15 heavy (non-hydrogen) atoms. The van der Waals surface area contributed by atoms with Gasteiger partial charge in [0.05, 0.1) is 0 Å². The predicted molar refractivity (Wildman–Crippen MR) is 65.0 cm³/mol. The molecule has 0 saturated heterocycles. The number of nitrogens with zero attached hydrogens (tertiary/aromatic N) is 1. The highest BCUT2D eigenvalue weighted by Crippen LogP contribution is 2.09. The van der Waals surface area contributed by atoms with Crippen LogP contribution < -0.4 is 16.4 Å². The van der Waals surface area contributed by atoms with Crippen molar-refractivity contribution in [2.24, 2.45) is 10.7 Å². The summed E-state index contributed by atoms with van der Waals surface area (Å²) in [6.07, 6.45) is 0. The highest BCUT2D eigenvalue weighted by molar-refractivity contribution is 5.92. The monoisotopic (exact) mass is 206 g/mol. The van der Waals surface area contributed by atoms with Crippen LogP contribution in [0, 0.1) is 0 Å². The van der Waals surface area contributed by atoms with Crippen molar-refractivity contribution in [1.82, 2.24) is 5.32 Å². The van der Waals surface area contributed by atoms with Gasteiger partial charge in [-0.2, -0.15) is 0 Å². The molecule has 0 spiro atoms. The lowest BCUT2D eigenvalue weighted by molar-refractivity contribution is 0.818. The van der Waals surface area contributed by atoms with Gasteiger partial charge in [-0.25, -0.2) is 0 Å². The van der Waals surface area contributed by atoms with Crippen LogP contribution in [0.3, 0.4) is 0 Å². The van der Waals surface area contributed by atoms with Gasteiger partial charge in [-0.05, 0) is 31.7 Å². The molecule has 4 heteroatoms. The average Bonchev–Trinajstić information content (AvgIpc) is 2.19. The first-order valence-corrected chi connectivity index (χ1v) is 5.06. The second-order valence-corrected chi connectivity index (χ2v) is 3.22. The third-order valence-electron chi connectivity index (χ3n) is 1.91. The summed E-state index contributed by atoms with van der Waals surface area (Å²) in [5.74, 6) is 0.458. The van der Waals surface area contributed by atoms with E-state index in [2.05, 4.69) is 27.8 Å². The molecule has 0 aromatic heterocycles. The molecule has 0 saturated carbocycles. The fourth-order valence-corrected chi connectivity index (χ4v) is 1.32. The summed E-state index contributed by atoms with van der Waals surface area (Å²) in [6, 6.07) is 8.08.